The quantitative estimate of drug-likeness (QED) is 0.617. The molecule has 1 saturated heterocycles. The van der Waals surface area contributed by atoms with Gasteiger partial charge in [-0.05, 0) is 41.3 Å². The summed E-state index contributed by atoms with van der Waals surface area (Å²) in [7, 11) is 0. The van der Waals surface area contributed by atoms with E-state index < -0.39 is 17.5 Å². The van der Waals surface area contributed by atoms with E-state index in [0.29, 0.717) is 18.5 Å². The van der Waals surface area contributed by atoms with Crippen molar-refractivity contribution in [3.8, 4) is 0 Å². The standard InChI is InChI=1S/C22H21N3O3S/c1-22(16-7-3-2-4-8-16)20(27)25(21(28)24-22)13-19(26)23-12-11-15-14-29-18-10-6-5-9-17(15)18/h2-10,14H,11-13H2,1H3,(H,23,26)(H,24,28). The Kier molecular flexibility index (Phi) is 5.07. The molecule has 1 aromatic heterocycles. The second-order valence-corrected chi connectivity index (χ2v) is 8.08. The van der Waals surface area contributed by atoms with Crippen molar-refractivity contribution in [2.45, 2.75) is 18.9 Å². The van der Waals surface area contributed by atoms with E-state index in [1.807, 2.05) is 30.3 Å². The average Bonchev–Trinajstić information content (AvgIpc) is 3.24. The minimum Gasteiger partial charge on any atom is -0.354 e. The van der Waals surface area contributed by atoms with Gasteiger partial charge in [-0.1, -0.05) is 48.5 Å². The van der Waals surface area contributed by atoms with Gasteiger partial charge in [0.25, 0.3) is 5.91 Å². The lowest BCUT2D eigenvalue weighted by Gasteiger charge is -2.22. The van der Waals surface area contributed by atoms with Crippen molar-refractivity contribution in [1.29, 1.82) is 0 Å². The molecular formula is C22H21N3O3S. The van der Waals surface area contributed by atoms with Gasteiger partial charge in [-0.25, -0.2) is 4.79 Å². The lowest BCUT2D eigenvalue weighted by Crippen LogP contribution is -2.43. The van der Waals surface area contributed by atoms with E-state index in [4.69, 9.17) is 0 Å². The van der Waals surface area contributed by atoms with Crippen LogP contribution in [0.5, 0.6) is 0 Å². The summed E-state index contributed by atoms with van der Waals surface area (Å²) in [6.07, 6.45) is 0.692. The Balaban J connectivity index is 1.36. The predicted octanol–water partition coefficient (Wildman–Crippen LogP) is 3.03. The summed E-state index contributed by atoms with van der Waals surface area (Å²) in [6, 6.07) is 16.6. The molecule has 4 rings (SSSR count). The second-order valence-electron chi connectivity index (χ2n) is 7.17. The molecule has 0 aliphatic carbocycles. The van der Waals surface area contributed by atoms with Gasteiger partial charge in [-0.2, -0.15) is 0 Å². The highest BCUT2D eigenvalue weighted by molar-refractivity contribution is 7.17. The molecule has 0 saturated carbocycles. The fraction of sp³-hybridized carbons (Fsp3) is 0.227. The zero-order valence-corrected chi connectivity index (χ0v) is 16.8. The maximum Gasteiger partial charge on any atom is 0.325 e. The zero-order chi connectivity index (χ0) is 20.4. The van der Waals surface area contributed by atoms with Crippen LogP contribution >= 0.6 is 11.3 Å². The number of carbonyl (C=O) groups excluding carboxylic acids is 3. The summed E-state index contributed by atoms with van der Waals surface area (Å²) >= 11 is 1.68. The fourth-order valence-electron chi connectivity index (χ4n) is 3.57. The molecule has 0 spiro atoms. The van der Waals surface area contributed by atoms with Crippen LogP contribution in [0.3, 0.4) is 0 Å². The molecule has 2 aromatic carbocycles. The molecule has 0 bridgehead atoms. The van der Waals surface area contributed by atoms with Crippen LogP contribution in [0.15, 0.2) is 60.0 Å². The molecule has 1 aliphatic heterocycles. The number of nitrogens with zero attached hydrogens (tertiary/aromatic N) is 1. The summed E-state index contributed by atoms with van der Waals surface area (Å²) in [4.78, 5) is 38.5. The van der Waals surface area contributed by atoms with Crippen molar-refractivity contribution in [2.24, 2.45) is 0 Å². The maximum absolute atomic E-state index is 12.8. The van der Waals surface area contributed by atoms with Crippen LogP contribution in [0.1, 0.15) is 18.1 Å². The predicted molar refractivity (Wildman–Crippen MR) is 113 cm³/mol. The van der Waals surface area contributed by atoms with Crippen LogP contribution in [0.4, 0.5) is 4.79 Å². The first-order chi connectivity index (χ1) is 14.0. The lowest BCUT2D eigenvalue weighted by atomic mass is 9.92. The summed E-state index contributed by atoms with van der Waals surface area (Å²) < 4.78 is 1.22. The van der Waals surface area contributed by atoms with Crippen LogP contribution in [0.2, 0.25) is 0 Å². The van der Waals surface area contributed by atoms with E-state index in [0.717, 1.165) is 4.90 Å². The maximum atomic E-state index is 12.8. The molecule has 4 amide bonds. The van der Waals surface area contributed by atoms with Gasteiger partial charge in [0.05, 0.1) is 0 Å². The van der Waals surface area contributed by atoms with Crippen LogP contribution in [-0.2, 0) is 21.5 Å². The van der Waals surface area contributed by atoms with Gasteiger partial charge in [-0.3, -0.25) is 14.5 Å². The van der Waals surface area contributed by atoms with Crippen molar-refractivity contribution in [3.05, 3.63) is 71.1 Å². The van der Waals surface area contributed by atoms with E-state index in [2.05, 4.69) is 28.1 Å². The summed E-state index contributed by atoms with van der Waals surface area (Å²) in [5.74, 6) is -0.780. The first-order valence-corrected chi connectivity index (χ1v) is 10.3. The topological polar surface area (TPSA) is 78.5 Å². The monoisotopic (exact) mass is 407 g/mol. The number of hydrogen-bond donors (Lipinski definition) is 2. The number of imide groups is 1. The SMILES string of the molecule is CC1(c2ccccc2)NC(=O)N(CC(=O)NCCc2csc3ccccc23)C1=O. The van der Waals surface area contributed by atoms with Crippen molar-refractivity contribution < 1.29 is 14.4 Å². The number of carbonyl (C=O) groups is 3. The summed E-state index contributed by atoms with van der Waals surface area (Å²) in [5, 5.41) is 8.81. The number of amides is 4. The summed E-state index contributed by atoms with van der Waals surface area (Å²) in [6.45, 7) is 1.80. The Morgan fingerprint density at radius 3 is 2.62 bits per heavy atom. The Morgan fingerprint density at radius 2 is 1.83 bits per heavy atom. The van der Waals surface area contributed by atoms with Gasteiger partial charge < -0.3 is 10.6 Å². The third kappa shape index (κ3) is 3.61. The minimum absolute atomic E-state index is 0.294. The Morgan fingerprint density at radius 1 is 1.10 bits per heavy atom. The van der Waals surface area contributed by atoms with Gasteiger partial charge in [0.1, 0.15) is 12.1 Å². The first kappa shape index (κ1) is 19.1. The number of thiophene rings is 1. The second kappa shape index (κ2) is 7.67. The molecule has 2 heterocycles. The Labute approximate surface area is 172 Å². The number of rotatable bonds is 6. The Bertz CT molecular complexity index is 1080. The van der Waals surface area contributed by atoms with E-state index in [1.165, 1.54) is 15.6 Å². The van der Waals surface area contributed by atoms with E-state index in [9.17, 15) is 14.4 Å². The van der Waals surface area contributed by atoms with E-state index in [-0.39, 0.29) is 12.5 Å². The molecule has 7 heteroatoms. The van der Waals surface area contributed by atoms with Gasteiger partial charge in [-0.15, -0.1) is 11.3 Å². The lowest BCUT2D eigenvalue weighted by molar-refractivity contribution is -0.134. The Hall–Kier alpha value is -3.19. The van der Waals surface area contributed by atoms with E-state index in [1.54, 1.807) is 30.4 Å². The van der Waals surface area contributed by atoms with Gasteiger partial charge in [0.15, 0.2) is 0 Å². The van der Waals surface area contributed by atoms with Crippen molar-refractivity contribution in [2.75, 3.05) is 13.1 Å². The molecule has 29 heavy (non-hydrogen) atoms. The smallest absolute Gasteiger partial charge is 0.325 e. The third-order valence-corrected chi connectivity index (χ3v) is 6.22. The highest BCUT2D eigenvalue weighted by atomic mass is 32.1. The van der Waals surface area contributed by atoms with E-state index >= 15 is 0 Å². The van der Waals surface area contributed by atoms with Crippen LogP contribution in [-0.4, -0.2) is 35.8 Å². The highest BCUT2D eigenvalue weighted by Crippen LogP contribution is 2.28. The molecule has 1 unspecified atom stereocenters. The van der Waals surface area contributed by atoms with Crippen molar-refractivity contribution in [3.63, 3.8) is 0 Å². The van der Waals surface area contributed by atoms with Gasteiger partial charge in [0, 0.05) is 11.2 Å². The fourth-order valence-corrected chi connectivity index (χ4v) is 4.57. The molecule has 1 aliphatic rings. The third-order valence-electron chi connectivity index (χ3n) is 5.21. The molecule has 148 valence electrons. The molecule has 6 nitrogen and oxygen atoms in total. The number of fused-ring (bicyclic) bond motifs is 1. The molecule has 2 N–H and O–H groups in total. The van der Waals surface area contributed by atoms with Gasteiger partial charge in [0.2, 0.25) is 5.91 Å². The average molecular weight is 407 g/mol. The number of benzene rings is 2. The van der Waals surface area contributed by atoms with Crippen LogP contribution < -0.4 is 10.6 Å². The molecule has 3 aromatic rings. The molecule has 0 radical (unpaired) electrons. The first-order valence-electron chi connectivity index (χ1n) is 9.40. The number of nitrogens with one attached hydrogen (secondary N) is 2. The number of urea groups is 1. The largest absolute Gasteiger partial charge is 0.354 e. The number of hydrogen-bond acceptors (Lipinski definition) is 4. The normalized spacial score (nSPS) is 18.9. The minimum atomic E-state index is -1.16. The van der Waals surface area contributed by atoms with Crippen LogP contribution in [0, 0.1) is 0 Å². The molecule has 1 atom stereocenters. The van der Waals surface area contributed by atoms with Crippen molar-refractivity contribution >= 4 is 39.3 Å². The zero-order valence-electron chi connectivity index (χ0n) is 16.0. The highest BCUT2D eigenvalue weighted by Gasteiger charge is 2.49. The van der Waals surface area contributed by atoms with Crippen LogP contribution in [0.25, 0.3) is 10.1 Å². The van der Waals surface area contributed by atoms with Gasteiger partial charge >= 0.3 is 6.03 Å². The molecule has 1 fully saturated rings. The molecular weight excluding hydrogens is 386 g/mol. The van der Waals surface area contributed by atoms with Crippen molar-refractivity contribution in [1.82, 2.24) is 15.5 Å². The summed E-state index contributed by atoms with van der Waals surface area (Å²) in [5.41, 5.74) is 0.706.